The van der Waals surface area contributed by atoms with Gasteiger partial charge in [0.1, 0.15) is 0 Å². The summed E-state index contributed by atoms with van der Waals surface area (Å²) >= 11 is 0. The fourth-order valence-electron chi connectivity index (χ4n) is 3.88. The lowest BCUT2D eigenvalue weighted by Crippen LogP contribution is -2.40. The minimum atomic E-state index is -0.282. The lowest BCUT2D eigenvalue weighted by molar-refractivity contribution is 0.0363. The molecule has 0 aliphatic carbocycles. The van der Waals surface area contributed by atoms with Crippen molar-refractivity contribution in [2.45, 2.75) is 44.4 Å². The largest absolute Gasteiger partial charge is 0.419 e. The van der Waals surface area contributed by atoms with Gasteiger partial charge in [-0.2, -0.15) is 0 Å². The minimum Gasteiger partial charge on any atom is -0.408 e. The summed E-state index contributed by atoms with van der Waals surface area (Å²) in [5, 5.41) is 0. The molecule has 0 spiro atoms. The number of para-hydroxylation sites is 2. The summed E-state index contributed by atoms with van der Waals surface area (Å²) in [4.78, 5) is 14.6. The molecule has 3 heterocycles. The van der Waals surface area contributed by atoms with E-state index in [9.17, 15) is 4.79 Å². The minimum absolute atomic E-state index is 0.282. The molecule has 25 heavy (non-hydrogen) atoms. The van der Waals surface area contributed by atoms with E-state index in [1.165, 1.54) is 0 Å². The number of nitrogens with zero attached hydrogens (tertiary/aromatic N) is 2. The zero-order chi connectivity index (χ0) is 17.1. The molecule has 2 aliphatic heterocycles. The van der Waals surface area contributed by atoms with E-state index in [1.54, 1.807) is 4.57 Å². The normalized spacial score (nSPS) is 23.9. The maximum absolute atomic E-state index is 12.2. The molecule has 2 aromatic rings. The van der Waals surface area contributed by atoms with Crippen LogP contribution in [0, 0.1) is 0 Å². The Bertz CT molecular complexity index is 723. The SMILES string of the molecule is O=c1oc2ccccc2n1CCN(C[C@H]1CCCO1)C[C@@H]1CCCO1. The van der Waals surface area contributed by atoms with Gasteiger partial charge in [-0.3, -0.25) is 9.47 Å². The molecule has 1 aromatic carbocycles. The number of aromatic nitrogens is 1. The summed E-state index contributed by atoms with van der Waals surface area (Å²) in [6, 6.07) is 7.59. The van der Waals surface area contributed by atoms with Crippen LogP contribution in [0.1, 0.15) is 25.7 Å². The predicted molar refractivity (Wildman–Crippen MR) is 94.9 cm³/mol. The molecule has 136 valence electrons. The van der Waals surface area contributed by atoms with Gasteiger partial charge in [0, 0.05) is 39.4 Å². The molecular weight excluding hydrogens is 320 g/mol. The molecule has 0 saturated carbocycles. The van der Waals surface area contributed by atoms with Crippen molar-refractivity contribution in [1.29, 1.82) is 0 Å². The number of rotatable bonds is 7. The Morgan fingerprint density at radius 3 is 2.36 bits per heavy atom. The topological polar surface area (TPSA) is 56.8 Å². The van der Waals surface area contributed by atoms with Gasteiger partial charge in [-0.1, -0.05) is 12.1 Å². The number of hydrogen-bond donors (Lipinski definition) is 0. The Labute approximate surface area is 147 Å². The number of fused-ring (bicyclic) bond motifs is 1. The summed E-state index contributed by atoms with van der Waals surface area (Å²) in [5.74, 6) is -0.282. The number of oxazole rings is 1. The summed E-state index contributed by atoms with van der Waals surface area (Å²) < 4.78 is 18.7. The molecule has 2 saturated heterocycles. The highest BCUT2D eigenvalue weighted by atomic mass is 16.5. The molecule has 1 aromatic heterocycles. The maximum Gasteiger partial charge on any atom is 0.419 e. The van der Waals surface area contributed by atoms with Gasteiger partial charge in [0.2, 0.25) is 0 Å². The lowest BCUT2D eigenvalue weighted by atomic mass is 10.2. The van der Waals surface area contributed by atoms with Crippen LogP contribution in [-0.2, 0) is 16.0 Å². The molecule has 6 nitrogen and oxygen atoms in total. The van der Waals surface area contributed by atoms with Crippen molar-refractivity contribution in [2.24, 2.45) is 0 Å². The van der Waals surface area contributed by atoms with Crippen LogP contribution in [-0.4, -0.2) is 54.5 Å². The second-order valence-corrected chi connectivity index (χ2v) is 7.02. The third-order valence-corrected chi connectivity index (χ3v) is 5.19. The van der Waals surface area contributed by atoms with Gasteiger partial charge >= 0.3 is 5.76 Å². The van der Waals surface area contributed by atoms with Crippen molar-refractivity contribution < 1.29 is 13.9 Å². The zero-order valence-corrected chi connectivity index (χ0v) is 14.6. The summed E-state index contributed by atoms with van der Waals surface area (Å²) in [6.07, 6.45) is 5.14. The first-order valence-electron chi connectivity index (χ1n) is 9.33. The van der Waals surface area contributed by atoms with Crippen LogP contribution in [0.15, 0.2) is 33.5 Å². The Morgan fingerprint density at radius 2 is 1.72 bits per heavy atom. The molecule has 0 radical (unpaired) electrons. The zero-order valence-electron chi connectivity index (χ0n) is 14.6. The van der Waals surface area contributed by atoms with E-state index in [0.29, 0.717) is 24.3 Å². The molecule has 0 unspecified atom stereocenters. The van der Waals surface area contributed by atoms with E-state index in [0.717, 1.165) is 64.0 Å². The second-order valence-electron chi connectivity index (χ2n) is 7.02. The van der Waals surface area contributed by atoms with Crippen LogP contribution in [0.25, 0.3) is 11.1 Å². The fourth-order valence-corrected chi connectivity index (χ4v) is 3.88. The third kappa shape index (κ3) is 3.97. The van der Waals surface area contributed by atoms with Crippen LogP contribution >= 0.6 is 0 Å². The first-order chi connectivity index (χ1) is 12.3. The molecule has 6 heteroatoms. The Balaban J connectivity index is 1.44. The Kier molecular flexibility index (Phi) is 5.20. The monoisotopic (exact) mass is 346 g/mol. The van der Waals surface area contributed by atoms with Crippen molar-refractivity contribution in [2.75, 3.05) is 32.8 Å². The molecule has 2 aliphatic rings. The van der Waals surface area contributed by atoms with Crippen molar-refractivity contribution in [3.63, 3.8) is 0 Å². The van der Waals surface area contributed by atoms with Gasteiger partial charge in [0.05, 0.1) is 17.7 Å². The van der Waals surface area contributed by atoms with Crippen LogP contribution < -0.4 is 5.76 Å². The van der Waals surface area contributed by atoms with E-state index in [1.807, 2.05) is 24.3 Å². The highest BCUT2D eigenvalue weighted by Gasteiger charge is 2.24. The summed E-state index contributed by atoms with van der Waals surface area (Å²) in [6.45, 7) is 4.96. The van der Waals surface area contributed by atoms with E-state index in [-0.39, 0.29) is 5.76 Å². The number of benzene rings is 1. The smallest absolute Gasteiger partial charge is 0.408 e. The van der Waals surface area contributed by atoms with Gasteiger partial charge in [-0.05, 0) is 37.8 Å². The first kappa shape index (κ1) is 16.8. The quantitative estimate of drug-likeness (QED) is 0.770. The van der Waals surface area contributed by atoms with Gasteiger partial charge in [0.15, 0.2) is 5.58 Å². The van der Waals surface area contributed by atoms with Crippen molar-refractivity contribution in [3.05, 3.63) is 34.8 Å². The fraction of sp³-hybridized carbons (Fsp3) is 0.632. The molecule has 4 rings (SSSR count). The molecule has 2 fully saturated rings. The van der Waals surface area contributed by atoms with E-state index in [4.69, 9.17) is 13.9 Å². The predicted octanol–water partition coefficient (Wildman–Crippen LogP) is 2.25. The Morgan fingerprint density at radius 1 is 1.04 bits per heavy atom. The first-order valence-corrected chi connectivity index (χ1v) is 9.33. The number of ether oxygens (including phenoxy) is 2. The summed E-state index contributed by atoms with van der Waals surface area (Å²) in [7, 11) is 0. The molecule has 0 amide bonds. The van der Waals surface area contributed by atoms with Crippen LogP contribution in [0.3, 0.4) is 0 Å². The van der Waals surface area contributed by atoms with Gasteiger partial charge in [-0.15, -0.1) is 0 Å². The Hall–Kier alpha value is -1.63. The van der Waals surface area contributed by atoms with Crippen LogP contribution in [0.5, 0.6) is 0 Å². The van der Waals surface area contributed by atoms with Crippen molar-refractivity contribution in [3.8, 4) is 0 Å². The summed E-state index contributed by atoms with van der Waals surface area (Å²) in [5.41, 5.74) is 1.51. The highest BCUT2D eigenvalue weighted by molar-refractivity contribution is 5.72. The second kappa shape index (κ2) is 7.72. The molecule has 2 atom stereocenters. The average Bonchev–Trinajstić information content (AvgIpc) is 3.34. The standard InChI is InChI=1S/C19H26N2O4/c22-19-21(17-7-1-2-8-18(17)25-19)10-9-20(13-15-5-3-11-23-15)14-16-6-4-12-24-16/h1-2,7-8,15-16H,3-6,9-14H2/t15-,16+. The highest BCUT2D eigenvalue weighted by Crippen LogP contribution is 2.18. The van der Waals surface area contributed by atoms with Gasteiger partial charge in [0.25, 0.3) is 0 Å². The third-order valence-electron chi connectivity index (χ3n) is 5.19. The van der Waals surface area contributed by atoms with E-state index < -0.39 is 0 Å². The lowest BCUT2D eigenvalue weighted by Gasteiger charge is -2.27. The van der Waals surface area contributed by atoms with Crippen molar-refractivity contribution >= 4 is 11.1 Å². The van der Waals surface area contributed by atoms with E-state index in [2.05, 4.69) is 4.90 Å². The van der Waals surface area contributed by atoms with Crippen molar-refractivity contribution in [1.82, 2.24) is 9.47 Å². The number of hydrogen-bond acceptors (Lipinski definition) is 5. The molecule has 0 bridgehead atoms. The van der Waals surface area contributed by atoms with Gasteiger partial charge in [-0.25, -0.2) is 4.79 Å². The maximum atomic E-state index is 12.2. The van der Waals surface area contributed by atoms with E-state index >= 15 is 0 Å². The average molecular weight is 346 g/mol. The van der Waals surface area contributed by atoms with Crippen LogP contribution in [0.2, 0.25) is 0 Å². The molecular formula is C19H26N2O4. The van der Waals surface area contributed by atoms with Crippen LogP contribution in [0.4, 0.5) is 0 Å². The van der Waals surface area contributed by atoms with Gasteiger partial charge < -0.3 is 13.9 Å². The molecule has 0 N–H and O–H groups in total.